The highest BCUT2D eigenvalue weighted by Crippen LogP contribution is 2.26. The van der Waals surface area contributed by atoms with Crippen molar-refractivity contribution in [2.24, 2.45) is 11.7 Å². The molecule has 4 atom stereocenters. The molecule has 0 bridgehead atoms. The van der Waals surface area contributed by atoms with E-state index in [9.17, 15) is 4.79 Å². The lowest BCUT2D eigenvalue weighted by Crippen LogP contribution is -2.53. The van der Waals surface area contributed by atoms with Gasteiger partial charge in [-0.15, -0.1) is 0 Å². The second-order valence-electron chi connectivity index (χ2n) is 5.56. The van der Waals surface area contributed by atoms with Gasteiger partial charge in [0.25, 0.3) is 0 Å². The van der Waals surface area contributed by atoms with Crippen molar-refractivity contribution >= 4 is 5.91 Å². The lowest BCUT2D eigenvalue weighted by atomic mass is 9.84. The highest BCUT2D eigenvalue weighted by atomic mass is 16.5. The Labute approximate surface area is 103 Å². The Hall–Kier alpha value is -0.610. The Morgan fingerprint density at radius 2 is 1.76 bits per heavy atom. The highest BCUT2D eigenvalue weighted by molar-refractivity contribution is 5.79. The first-order valence-corrected chi connectivity index (χ1v) is 6.77. The van der Waals surface area contributed by atoms with Gasteiger partial charge in [-0.1, -0.05) is 12.8 Å². The first-order chi connectivity index (χ1) is 8.08. The molecule has 0 radical (unpaired) electrons. The third-order valence-electron chi connectivity index (χ3n) is 3.87. The quantitative estimate of drug-likeness (QED) is 0.748. The maximum absolute atomic E-state index is 12.4. The second kappa shape index (κ2) is 5.36. The molecule has 2 fully saturated rings. The van der Waals surface area contributed by atoms with Crippen LogP contribution in [0.2, 0.25) is 0 Å². The van der Waals surface area contributed by atoms with E-state index in [0.717, 1.165) is 19.3 Å². The van der Waals surface area contributed by atoms with Crippen LogP contribution in [0.5, 0.6) is 0 Å². The lowest BCUT2D eigenvalue weighted by Gasteiger charge is -2.39. The number of nitrogens with zero attached hydrogens (tertiary/aromatic N) is 1. The molecule has 17 heavy (non-hydrogen) atoms. The van der Waals surface area contributed by atoms with Crippen molar-refractivity contribution in [3.05, 3.63) is 0 Å². The number of nitrogens with two attached hydrogens (primary N) is 1. The van der Waals surface area contributed by atoms with Gasteiger partial charge in [0, 0.05) is 19.1 Å². The van der Waals surface area contributed by atoms with Crippen molar-refractivity contribution in [1.82, 2.24) is 4.90 Å². The molecule has 1 saturated carbocycles. The standard InChI is InChI=1S/C13H24N2O2/c1-9-7-15(8-10(2)17-9)13(16)11-5-3-4-6-12(11)14/h9-12H,3-8,14H2,1-2H3/t9-,10+,11?,12?. The maximum Gasteiger partial charge on any atom is 0.227 e. The summed E-state index contributed by atoms with van der Waals surface area (Å²) in [6, 6.07) is 0.0599. The summed E-state index contributed by atoms with van der Waals surface area (Å²) < 4.78 is 5.66. The van der Waals surface area contributed by atoms with Crippen LogP contribution in [0.4, 0.5) is 0 Å². The molecule has 1 aliphatic heterocycles. The number of amides is 1. The van der Waals surface area contributed by atoms with Gasteiger partial charge < -0.3 is 15.4 Å². The zero-order valence-corrected chi connectivity index (χ0v) is 10.9. The molecule has 0 aromatic rings. The number of carbonyl (C=O) groups excluding carboxylic acids is 1. The summed E-state index contributed by atoms with van der Waals surface area (Å²) in [7, 11) is 0. The second-order valence-corrected chi connectivity index (χ2v) is 5.56. The normalized spacial score (nSPS) is 39.1. The Balaban J connectivity index is 1.98. The molecule has 2 rings (SSSR count). The van der Waals surface area contributed by atoms with E-state index in [-0.39, 0.29) is 30.1 Å². The molecule has 98 valence electrons. The van der Waals surface area contributed by atoms with Crippen LogP contribution in [0.25, 0.3) is 0 Å². The lowest BCUT2D eigenvalue weighted by molar-refractivity contribution is -0.148. The molecule has 1 saturated heterocycles. The van der Waals surface area contributed by atoms with Crippen molar-refractivity contribution < 1.29 is 9.53 Å². The molecule has 4 heteroatoms. The van der Waals surface area contributed by atoms with Crippen LogP contribution < -0.4 is 5.73 Å². The maximum atomic E-state index is 12.4. The van der Waals surface area contributed by atoms with Gasteiger partial charge in [0.15, 0.2) is 0 Å². The van der Waals surface area contributed by atoms with Gasteiger partial charge in [0.1, 0.15) is 0 Å². The van der Waals surface area contributed by atoms with Crippen LogP contribution >= 0.6 is 0 Å². The van der Waals surface area contributed by atoms with Crippen LogP contribution in [-0.4, -0.2) is 42.1 Å². The van der Waals surface area contributed by atoms with Crippen LogP contribution in [0.15, 0.2) is 0 Å². The third kappa shape index (κ3) is 2.99. The molecule has 2 N–H and O–H groups in total. The van der Waals surface area contributed by atoms with Gasteiger partial charge in [0.05, 0.1) is 18.1 Å². The largest absolute Gasteiger partial charge is 0.372 e. The summed E-state index contributed by atoms with van der Waals surface area (Å²) in [5.41, 5.74) is 6.08. The minimum Gasteiger partial charge on any atom is -0.372 e. The summed E-state index contributed by atoms with van der Waals surface area (Å²) in [4.78, 5) is 14.4. The number of hydrogen-bond acceptors (Lipinski definition) is 3. The number of carbonyl (C=O) groups is 1. The van der Waals surface area contributed by atoms with E-state index in [1.54, 1.807) is 0 Å². The third-order valence-corrected chi connectivity index (χ3v) is 3.87. The minimum absolute atomic E-state index is 0.0428. The van der Waals surface area contributed by atoms with Crippen molar-refractivity contribution in [1.29, 1.82) is 0 Å². The monoisotopic (exact) mass is 240 g/mol. The molecule has 0 aromatic carbocycles. The molecule has 2 aliphatic rings. The fourth-order valence-electron chi connectivity index (χ4n) is 3.06. The van der Waals surface area contributed by atoms with Crippen LogP contribution in [-0.2, 0) is 9.53 Å². The van der Waals surface area contributed by atoms with Crippen molar-refractivity contribution in [3.8, 4) is 0 Å². The van der Waals surface area contributed by atoms with E-state index in [4.69, 9.17) is 10.5 Å². The van der Waals surface area contributed by atoms with E-state index >= 15 is 0 Å². The fourth-order valence-corrected chi connectivity index (χ4v) is 3.06. The molecule has 1 aliphatic carbocycles. The van der Waals surface area contributed by atoms with Gasteiger partial charge in [-0.25, -0.2) is 0 Å². The average Bonchev–Trinajstić information content (AvgIpc) is 2.27. The molecular weight excluding hydrogens is 216 g/mol. The van der Waals surface area contributed by atoms with E-state index in [1.165, 1.54) is 6.42 Å². The Morgan fingerprint density at radius 1 is 1.18 bits per heavy atom. The first-order valence-electron chi connectivity index (χ1n) is 6.77. The Kier molecular flexibility index (Phi) is 4.05. The highest BCUT2D eigenvalue weighted by Gasteiger charge is 2.34. The summed E-state index contributed by atoms with van der Waals surface area (Å²) >= 11 is 0. The van der Waals surface area contributed by atoms with Crippen LogP contribution in [0.1, 0.15) is 39.5 Å². The van der Waals surface area contributed by atoms with Gasteiger partial charge in [0.2, 0.25) is 5.91 Å². The summed E-state index contributed by atoms with van der Waals surface area (Å²) in [5.74, 6) is 0.292. The van der Waals surface area contributed by atoms with E-state index in [2.05, 4.69) is 0 Å². The average molecular weight is 240 g/mol. The smallest absolute Gasteiger partial charge is 0.227 e. The predicted octanol–water partition coefficient (Wildman–Crippen LogP) is 1.14. The zero-order valence-electron chi connectivity index (χ0n) is 10.9. The predicted molar refractivity (Wildman–Crippen MR) is 66.5 cm³/mol. The van der Waals surface area contributed by atoms with Crippen LogP contribution in [0.3, 0.4) is 0 Å². The van der Waals surface area contributed by atoms with Gasteiger partial charge >= 0.3 is 0 Å². The fraction of sp³-hybridized carbons (Fsp3) is 0.923. The van der Waals surface area contributed by atoms with Crippen molar-refractivity contribution in [2.45, 2.75) is 57.8 Å². The molecule has 1 amide bonds. The van der Waals surface area contributed by atoms with E-state index in [0.29, 0.717) is 13.1 Å². The SMILES string of the molecule is C[C@@H]1CN(C(=O)C2CCCCC2N)C[C@H](C)O1. The molecule has 0 aromatic heterocycles. The van der Waals surface area contributed by atoms with Crippen LogP contribution in [0, 0.1) is 5.92 Å². The van der Waals surface area contributed by atoms with Crippen molar-refractivity contribution in [3.63, 3.8) is 0 Å². The number of rotatable bonds is 1. The van der Waals surface area contributed by atoms with E-state index in [1.807, 2.05) is 18.7 Å². The summed E-state index contributed by atoms with van der Waals surface area (Å²) in [5, 5.41) is 0. The molecule has 0 spiro atoms. The zero-order chi connectivity index (χ0) is 12.4. The minimum atomic E-state index is 0.0428. The van der Waals surface area contributed by atoms with Gasteiger partial charge in [-0.3, -0.25) is 4.79 Å². The van der Waals surface area contributed by atoms with Crippen molar-refractivity contribution in [2.75, 3.05) is 13.1 Å². The number of hydrogen-bond donors (Lipinski definition) is 1. The summed E-state index contributed by atoms with van der Waals surface area (Å²) in [6.45, 7) is 5.48. The Bertz CT molecular complexity index is 273. The Morgan fingerprint density at radius 3 is 2.35 bits per heavy atom. The van der Waals surface area contributed by atoms with E-state index < -0.39 is 0 Å². The molecule has 1 heterocycles. The number of ether oxygens (including phenoxy) is 1. The molecule has 2 unspecified atom stereocenters. The number of morpholine rings is 1. The van der Waals surface area contributed by atoms with Gasteiger partial charge in [-0.05, 0) is 26.7 Å². The first kappa shape index (κ1) is 12.8. The topological polar surface area (TPSA) is 55.6 Å². The summed E-state index contributed by atoms with van der Waals surface area (Å²) in [6.07, 6.45) is 4.54. The van der Waals surface area contributed by atoms with Gasteiger partial charge in [-0.2, -0.15) is 0 Å². The molecular formula is C13H24N2O2. The molecule has 4 nitrogen and oxygen atoms in total.